The lowest BCUT2D eigenvalue weighted by atomic mass is 10.2. The van der Waals surface area contributed by atoms with E-state index in [0.717, 1.165) is 17.9 Å². The third kappa shape index (κ3) is 2.91. The lowest BCUT2D eigenvalue weighted by molar-refractivity contribution is 0.0993. The molecule has 4 nitrogen and oxygen atoms in total. The minimum Gasteiger partial charge on any atom is -0.385 e. The van der Waals surface area contributed by atoms with E-state index >= 15 is 0 Å². The Kier molecular flexibility index (Phi) is 4.13. The van der Waals surface area contributed by atoms with Gasteiger partial charge in [-0.15, -0.1) is 0 Å². The van der Waals surface area contributed by atoms with Gasteiger partial charge in [-0.3, -0.25) is 9.78 Å². The van der Waals surface area contributed by atoms with Crippen molar-refractivity contribution in [1.82, 2.24) is 4.98 Å². The molecule has 0 fully saturated rings. The summed E-state index contributed by atoms with van der Waals surface area (Å²) in [4.78, 5) is 18.1. The molecule has 0 spiro atoms. The van der Waals surface area contributed by atoms with Crippen LogP contribution < -0.4 is 10.2 Å². The van der Waals surface area contributed by atoms with Gasteiger partial charge in [0.05, 0.1) is 11.3 Å². The summed E-state index contributed by atoms with van der Waals surface area (Å²) in [6.45, 7) is 2.76. The quantitative estimate of drug-likeness (QED) is 0.913. The molecule has 0 aliphatic carbocycles. The summed E-state index contributed by atoms with van der Waals surface area (Å²) in [6.07, 6.45) is 3.27. The molecule has 0 radical (unpaired) electrons. The summed E-state index contributed by atoms with van der Waals surface area (Å²) < 4.78 is 0. The van der Waals surface area contributed by atoms with Crippen molar-refractivity contribution >= 4 is 17.3 Å². The average Bonchev–Trinajstić information content (AvgIpc) is 2.47. The zero-order valence-electron chi connectivity index (χ0n) is 11.1. The average molecular weight is 255 g/mol. The molecule has 2 aromatic rings. The molecular formula is C15H17N3O. The van der Waals surface area contributed by atoms with Crippen LogP contribution in [-0.4, -0.2) is 24.5 Å². The normalized spacial score (nSPS) is 10.0. The molecule has 0 aliphatic heterocycles. The van der Waals surface area contributed by atoms with Gasteiger partial charge in [-0.05, 0) is 25.1 Å². The van der Waals surface area contributed by atoms with Crippen LogP contribution in [0.5, 0.6) is 0 Å². The van der Waals surface area contributed by atoms with Crippen LogP contribution in [-0.2, 0) is 0 Å². The first kappa shape index (κ1) is 13.1. The Hall–Kier alpha value is -2.36. The van der Waals surface area contributed by atoms with Crippen LogP contribution in [0.3, 0.4) is 0 Å². The Labute approximate surface area is 113 Å². The van der Waals surface area contributed by atoms with Gasteiger partial charge in [0.1, 0.15) is 0 Å². The van der Waals surface area contributed by atoms with Gasteiger partial charge < -0.3 is 10.2 Å². The van der Waals surface area contributed by atoms with Gasteiger partial charge in [-0.25, -0.2) is 0 Å². The number of carbonyl (C=O) groups excluding carboxylic acids is 1. The second-order valence-electron chi connectivity index (χ2n) is 4.15. The predicted molar refractivity (Wildman–Crippen MR) is 77.6 cm³/mol. The van der Waals surface area contributed by atoms with Gasteiger partial charge in [0.15, 0.2) is 0 Å². The van der Waals surface area contributed by atoms with Crippen molar-refractivity contribution in [3.05, 3.63) is 54.4 Å². The molecule has 1 amide bonds. The molecule has 19 heavy (non-hydrogen) atoms. The lowest BCUT2D eigenvalue weighted by Crippen LogP contribution is -2.27. The Morgan fingerprint density at radius 3 is 2.68 bits per heavy atom. The first-order valence-corrected chi connectivity index (χ1v) is 6.25. The third-order valence-corrected chi connectivity index (χ3v) is 2.87. The summed E-state index contributed by atoms with van der Waals surface area (Å²) in [5, 5.41) is 3.18. The van der Waals surface area contributed by atoms with Crippen molar-refractivity contribution in [2.24, 2.45) is 0 Å². The van der Waals surface area contributed by atoms with Gasteiger partial charge in [-0.2, -0.15) is 0 Å². The molecule has 0 bridgehead atoms. The number of aromatic nitrogens is 1. The van der Waals surface area contributed by atoms with Crippen LogP contribution in [0.25, 0.3) is 0 Å². The number of rotatable bonds is 4. The molecule has 2 rings (SSSR count). The second-order valence-corrected chi connectivity index (χ2v) is 4.15. The summed E-state index contributed by atoms with van der Waals surface area (Å²) in [7, 11) is 1.76. The SMILES string of the molecule is CCNc1ccncc1C(=O)N(C)c1ccccc1. The molecule has 0 saturated carbocycles. The van der Waals surface area contributed by atoms with E-state index in [1.165, 1.54) is 0 Å². The fourth-order valence-electron chi connectivity index (χ4n) is 1.86. The molecule has 98 valence electrons. The van der Waals surface area contributed by atoms with E-state index in [4.69, 9.17) is 0 Å². The van der Waals surface area contributed by atoms with Crippen LogP contribution >= 0.6 is 0 Å². The van der Waals surface area contributed by atoms with Gasteiger partial charge in [0, 0.05) is 31.7 Å². The highest BCUT2D eigenvalue weighted by atomic mass is 16.2. The largest absolute Gasteiger partial charge is 0.385 e. The third-order valence-electron chi connectivity index (χ3n) is 2.87. The van der Waals surface area contributed by atoms with Crippen molar-refractivity contribution in [3.63, 3.8) is 0 Å². The summed E-state index contributed by atoms with van der Waals surface area (Å²) in [5.41, 5.74) is 2.25. The lowest BCUT2D eigenvalue weighted by Gasteiger charge is -2.19. The summed E-state index contributed by atoms with van der Waals surface area (Å²) in [6, 6.07) is 11.4. The van der Waals surface area contributed by atoms with Gasteiger partial charge in [-0.1, -0.05) is 18.2 Å². The van der Waals surface area contributed by atoms with Crippen LogP contribution in [0.2, 0.25) is 0 Å². The zero-order valence-corrected chi connectivity index (χ0v) is 11.1. The number of nitrogens with zero attached hydrogens (tertiary/aromatic N) is 2. The van der Waals surface area contributed by atoms with Crippen molar-refractivity contribution < 1.29 is 4.79 Å². The molecule has 4 heteroatoms. The number of hydrogen-bond acceptors (Lipinski definition) is 3. The number of anilines is 2. The van der Waals surface area contributed by atoms with Crippen LogP contribution in [0.1, 0.15) is 17.3 Å². The molecule has 0 unspecified atom stereocenters. The monoisotopic (exact) mass is 255 g/mol. The van der Waals surface area contributed by atoms with Crippen LogP contribution in [0.15, 0.2) is 48.8 Å². The molecule has 1 N–H and O–H groups in total. The molecule has 0 aliphatic rings. The molecule has 0 saturated heterocycles. The van der Waals surface area contributed by atoms with Crippen molar-refractivity contribution in [1.29, 1.82) is 0 Å². The van der Waals surface area contributed by atoms with Crippen LogP contribution in [0, 0.1) is 0 Å². The Balaban J connectivity index is 2.29. The van der Waals surface area contributed by atoms with Gasteiger partial charge in [0.25, 0.3) is 5.91 Å². The van der Waals surface area contributed by atoms with Crippen LogP contribution in [0.4, 0.5) is 11.4 Å². The molecule has 1 heterocycles. The topological polar surface area (TPSA) is 45.2 Å². The minimum absolute atomic E-state index is 0.0738. The van der Waals surface area contributed by atoms with E-state index in [1.807, 2.05) is 43.3 Å². The Morgan fingerprint density at radius 2 is 2.00 bits per heavy atom. The first-order chi connectivity index (χ1) is 9.24. The number of pyridine rings is 1. The highest BCUT2D eigenvalue weighted by molar-refractivity contribution is 6.09. The minimum atomic E-state index is -0.0738. The standard InChI is InChI=1S/C15H17N3O/c1-3-17-14-9-10-16-11-13(14)15(19)18(2)12-7-5-4-6-8-12/h4-11H,3H2,1-2H3,(H,16,17). The summed E-state index contributed by atoms with van der Waals surface area (Å²) in [5.74, 6) is -0.0738. The molecular weight excluding hydrogens is 238 g/mol. The predicted octanol–water partition coefficient (Wildman–Crippen LogP) is 2.79. The number of carbonyl (C=O) groups is 1. The molecule has 0 atom stereocenters. The maximum atomic E-state index is 12.5. The van der Waals surface area contributed by atoms with E-state index in [9.17, 15) is 4.79 Å². The highest BCUT2D eigenvalue weighted by Crippen LogP contribution is 2.19. The van der Waals surface area contributed by atoms with E-state index < -0.39 is 0 Å². The van der Waals surface area contributed by atoms with E-state index in [2.05, 4.69) is 10.3 Å². The zero-order chi connectivity index (χ0) is 13.7. The molecule has 1 aromatic heterocycles. The number of nitrogens with one attached hydrogen (secondary N) is 1. The first-order valence-electron chi connectivity index (χ1n) is 6.25. The van der Waals surface area contributed by atoms with Gasteiger partial charge in [0.2, 0.25) is 0 Å². The summed E-state index contributed by atoms with van der Waals surface area (Å²) >= 11 is 0. The number of para-hydroxylation sites is 1. The highest BCUT2D eigenvalue weighted by Gasteiger charge is 2.16. The van der Waals surface area contributed by atoms with E-state index in [-0.39, 0.29) is 5.91 Å². The fourth-order valence-corrected chi connectivity index (χ4v) is 1.86. The maximum Gasteiger partial charge on any atom is 0.261 e. The van der Waals surface area contributed by atoms with E-state index in [1.54, 1.807) is 24.3 Å². The fraction of sp³-hybridized carbons (Fsp3) is 0.200. The smallest absolute Gasteiger partial charge is 0.261 e. The number of benzene rings is 1. The van der Waals surface area contributed by atoms with Gasteiger partial charge >= 0.3 is 0 Å². The molecule has 1 aromatic carbocycles. The van der Waals surface area contributed by atoms with E-state index in [0.29, 0.717) is 5.56 Å². The number of hydrogen-bond donors (Lipinski definition) is 1. The Bertz CT molecular complexity index is 554. The number of amides is 1. The maximum absolute atomic E-state index is 12.5. The second kappa shape index (κ2) is 6.00. The Morgan fingerprint density at radius 1 is 1.26 bits per heavy atom. The van der Waals surface area contributed by atoms with Crippen molar-refractivity contribution in [3.8, 4) is 0 Å². The van der Waals surface area contributed by atoms with Crippen molar-refractivity contribution in [2.45, 2.75) is 6.92 Å². The van der Waals surface area contributed by atoms with Crippen molar-refractivity contribution in [2.75, 3.05) is 23.8 Å².